The normalized spacial score (nSPS) is 12.3. The van der Waals surface area contributed by atoms with Gasteiger partial charge in [-0.1, -0.05) is 160 Å². The van der Waals surface area contributed by atoms with E-state index >= 15 is 0 Å². The van der Waals surface area contributed by atoms with Crippen molar-refractivity contribution in [1.29, 1.82) is 0 Å². The summed E-state index contributed by atoms with van der Waals surface area (Å²) in [5, 5.41) is 12.6. The van der Waals surface area contributed by atoms with Gasteiger partial charge in [0.05, 0.1) is 11.3 Å². The van der Waals surface area contributed by atoms with Crippen LogP contribution in [0.25, 0.3) is 53.8 Å². The van der Waals surface area contributed by atoms with Crippen LogP contribution >= 0.6 is 11.3 Å². The third kappa shape index (κ3) is 10.1. The van der Waals surface area contributed by atoms with Crippen molar-refractivity contribution in [2.45, 2.75) is 88.5 Å². The third-order valence-corrected chi connectivity index (χ3v) is 12.0. The van der Waals surface area contributed by atoms with Gasteiger partial charge < -0.3 is 5.11 Å². The molecule has 6 rings (SSSR count). The van der Waals surface area contributed by atoms with Crippen LogP contribution in [-0.2, 0) is 30.3 Å². The molecule has 1 N–H and O–H groups in total. The molecular weight excluding hydrogens is 885 g/mol. The first-order valence-electron chi connectivity index (χ1n) is 19.8. The number of aliphatic hydroxyl groups excluding tert-OH is 1. The van der Waals surface area contributed by atoms with Gasteiger partial charge in [0, 0.05) is 53.3 Å². The van der Waals surface area contributed by atoms with Crippen LogP contribution in [0.1, 0.15) is 87.3 Å². The van der Waals surface area contributed by atoms with E-state index in [-0.39, 0.29) is 48.9 Å². The molecule has 0 aliphatic rings. The minimum Gasteiger partial charge on any atom is -0.512 e. The first kappa shape index (κ1) is 44.8. The van der Waals surface area contributed by atoms with E-state index in [1.807, 2.05) is 0 Å². The number of thiophene rings is 1. The minimum absolute atomic E-state index is 0. The number of carbonyl (C=O) groups excluding carboxylic acids is 1. The Morgan fingerprint density at radius 3 is 1.84 bits per heavy atom. The van der Waals surface area contributed by atoms with E-state index in [1.165, 1.54) is 44.2 Å². The van der Waals surface area contributed by atoms with E-state index in [9.17, 15) is 9.90 Å². The molecule has 6 heteroatoms. The van der Waals surface area contributed by atoms with Crippen molar-refractivity contribution in [2.75, 3.05) is 0 Å². The standard InChI is InChI=1S/C33H27N2S.C17H32O2.Ir/c1-21-29-32(36-31(21)24-16-14-23(15-17-24)22-10-6-5-7-11-22)30(35-20-34-29)26-18-25-12-8-9-13-27(25)28(19-26)33(2,3)4;1-10(2)16(11(3)4)14(18)9-15(19)17(12(5)6)13(7)8;/h5-17,19-20H,1-4H3;9-13,16-18H,1-8H3;/q-1;;/b;14-9-;. The largest absolute Gasteiger partial charge is 0.512 e. The summed E-state index contributed by atoms with van der Waals surface area (Å²) in [6, 6.07) is 33.8. The molecule has 297 valence electrons. The van der Waals surface area contributed by atoms with E-state index in [2.05, 4.69) is 174 Å². The monoisotopic (exact) mass is 944 g/mol. The van der Waals surface area contributed by atoms with Crippen LogP contribution in [0.2, 0.25) is 0 Å². The fourth-order valence-corrected chi connectivity index (χ4v) is 9.40. The van der Waals surface area contributed by atoms with Crippen LogP contribution in [0.4, 0.5) is 0 Å². The summed E-state index contributed by atoms with van der Waals surface area (Å²) >= 11 is 1.77. The SMILES string of the molecule is CC(C)C(C(=O)/C=C(\O)C(C(C)C)C(C)C)C(C)C.Cc1c(-c2ccc(-c3ccccc3)cc2)sc2c(-c3[c-]c4ccccc4c(C(C)(C)C)c3)ncnc12.[Ir]. The van der Waals surface area contributed by atoms with Gasteiger partial charge in [-0.2, -0.15) is 0 Å². The van der Waals surface area contributed by atoms with Crippen LogP contribution in [0.15, 0.2) is 103 Å². The molecule has 0 atom stereocenters. The minimum atomic E-state index is -0.0119. The summed E-state index contributed by atoms with van der Waals surface area (Å²) in [6.45, 7) is 25.6. The average molecular weight is 944 g/mol. The van der Waals surface area contributed by atoms with Crippen molar-refractivity contribution in [3.05, 3.63) is 120 Å². The number of carbonyl (C=O) groups is 1. The molecule has 4 nitrogen and oxygen atoms in total. The number of ketones is 1. The molecule has 2 heterocycles. The Hall–Kier alpha value is -3.96. The summed E-state index contributed by atoms with van der Waals surface area (Å²) in [5.41, 5.74) is 9.17. The maximum atomic E-state index is 12.3. The molecule has 0 bridgehead atoms. The number of aliphatic hydroxyl groups is 1. The van der Waals surface area contributed by atoms with Crippen LogP contribution in [0, 0.1) is 48.5 Å². The zero-order chi connectivity index (χ0) is 40.2. The second kappa shape index (κ2) is 19.0. The van der Waals surface area contributed by atoms with Crippen molar-refractivity contribution in [2.24, 2.45) is 35.5 Å². The summed E-state index contributed by atoms with van der Waals surface area (Å²) in [6.07, 6.45) is 3.18. The van der Waals surface area contributed by atoms with Gasteiger partial charge in [0.25, 0.3) is 0 Å². The van der Waals surface area contributed by atoms with Gasteiger partial charge in [-0.05, 0) is 58.3 Å². The van der Waals surface area contributed by atoms with E-state index in [1.54, 1.807) is 17.7 Å². The molecule has 0 amide bonds. The Morgan fingerprint density at radius 1 is 0.732 bits per heavy atom. The van der Waals surface area contributed by atoms with E-state index in [0.717, 1.165) is 26.9 Å². The summed E-state index contributed by atoms with van der Waals surface area (Å²) in [4.78, 5) is 23.1. The number of aryl methyl sites for hydroxylation is 1. The van der Waals surface area contributed by atoms with Gasteiger partial charge in [-0.15, -0.1) is 40.5 Å². The fourth-order valence-electron chi connectivity index (χ4n) is 8.13. The van der Waals surface area contributed by atoms with Gasteiger partial charge in [0.2, 0.25) is 0 Å². The molecule has 0 saturated carbocycles. The Bertz CT molecular complexity index is 2250. The van der Waals surface area contributed by atoms with Gasteiger partial charge >= 0.3 is 0 Å². The van der Waals surface area contributed by atoms with Crippen LogP contribution in [0.3, 0.4) is 0 Å². The number of allylic oxidation sites excluding steroid dienone is 2. The van der Waals surface area contributed by atoms with E-state index in [4.69, 9.17) is 9.97 Å². The Morgan fingerprint density at radius 2 is 1.27 bits per heavy atom. The maximum Gasteiger partial charge on any atom is 0.162 e. The molecule has 0 aliphatic heterocycles. The van der Waals surface area contributed by atoms with Gasteiger partial charge in [0.1, 0.15) is 6.33 Å². The quantitative estimate of drug-likeness (QED) is 0.0844. The Labute approximate surface area is 353 Å². The number of aromatic nitrogens is 2. The second-order valence-electron chi connectivity index (χ2n) is 17.3. The number of rotatable bonds is 10. The molecule has 0 saturated heterocycles. The maximum absolute atomic E-state index is 12.3. The molecule has 0 spiro atoms. The number of hydrogen-bond donors (Lipinski definition) is 1. The van der Waals surface area contributed by atoms with Gasteiger partial charge in [-0.25, -0.2) is 4.98 Å². The number of benzene rings is 4. The molecule has 0 unspecified atom stereocenters. The van der Waals surface area contributed by atoms with Crippen LogP contribution in [-0.4, -0.2) is 20.9 Å². The first-order valence-corrected chi connectivity index (χ1v) is 20.6. The molecule has 56 heavy (non-hydrogen) atoms. The van der Waals surface area contributed by atoms with Crippen molar-refractivity contribution in [3.63, 3.8) is 0 Å². The average Bonchev–Trinajstić information content (AvgIpc) is 3.47. The fraction of sp³-hybridized carbons (Fsp3) is 0.380. The van der Waals surface area contributed by atoms with Gasteiger partial charge in [0.15, 0.2) is 5.78 Å². The Kier molecular flexibility index (Phi) is 15.2. The Balaban J connectivity index is 0.000000299. The zero-order valence-corrected chi connectivity index (χ0v) is 38.4. The van der Waals surface area contributed by atoms with Crippen LogP contribution < -0.4 is 0 Å². The molecule has 0 fully saturated rings. The second-order valence-corrected chi connectivity index (χ2v) is 18.3. The number of hydrogen-bond acceptors (Lipinski definition) is 5. The van der Waals surface area contributed by atoms with Crippen molar-refractivity contribution < 1.29 is 30.0 Å². The summed E-state index contributed by atoms with van der Waals surface area (Å²) in [5.74, 6) is 1.63. The van der Waals surface area contributed by atoms with Crippen molar-refractivity contribution >= 4 is 38.1 Å². The third-order valence-electron chi connectivity index (χ3n) is 10.6. The summed E-state index contributed by atoms with van der Waals surface area (Å²) in [7, 11) is 0. The first-order chi connectivity index (χ1) is 26.0. The molecule has 6 aromatic rings. The smallest absolute Gasteiger partial charge is 0.162 e. The summed E-state index contributed by atoms with van der Waals surface area (Å²) < 4.78 is 1.11. The van der Waals surface area contributed by atoms with Crippen molar-refractivity contribution in [1.82, 2.24) is 9.97 Å². The number of fused-ring (bicyclic) bond motifs is 2. The molecule has 1 radical (unpaired) electrons. The van der Waals surface area contributed by atoms with Gasteiger partial charge in [-0.3, -0.25) is 9.78 Å². The predicted octanol–water partition coefficient (Wildman–Crippen LogP) is 14.1. The van der Waals surface area contributed by atoms with E-state index in [0.29, 0.717) is 23.7 Å². The predicted molar refractivity (Wildman–Crippen MR) is 236 cm³/mol. The van der Waals surface area contributed by atoms with E-state index < -0.39 is 0 Å². The topological polar surface area (TPSA) is 63.1 Å². The van der Waals surface area contributed by atoms with Crippen LogP contribution in [0.5, 0.6) is 0 Å². The number of nitrogens with zero attached hydrogens (tertiary/aromatic N) is 2. The molecule has 0 aliphatic carbocycles. The zero-order valence-electron chi connectivity index (χ0n) is 35.2. The van der Waals surface area contributed by atoms with Crippen molar-refractivity contribution in [3.8, 4) is 32.8 Å². The molecule has 2 aromatic heterocycles. The molecular formula is C50H59IrN2O2S-. The molecule has 4 aromatic carbocycles.